The Morgan fingerprint density at radius 1 is 1.08 bits per heavy atom. The summed E-state index contributed by atoms with van der Waals surface area (Å²) in [6.07, 6.45) is 0. The van der Waals surface area contributed by atoms with Crippen molar-refractivity contribution in [2.75, 3.05) is 43.6 Å². The summed E-state index contributed by atoms with van der Waals surface area (Å²) in [4.78, 5) is 29.9. The van der Waals surface area contributed by atoms with Crippen LogP contribution in [0.2, 0.25) is 0 Å². The lowest BCUT2D eigenvalue weighted by molar-refractivity contribution is -0.118. The molecule has 6 nitrogen and oxygen atoms in total. The lowest BCUT2D eigenvalue weighted by atomic mass is 10.3. The molecule has 130 valence electrons. The number of hydrogen-bond donors (Lipinski definition) is 0. The summed E-state index contributed by atoms with van der Waals surface area (Å²) in [7, 11) is 3.33. The zero-order valence-electron chi connectivity index (χ0n) is 14.4. The number of ether oxygens (including phenoxy) is 1. The minimum atomic E-state index is -0.153. The summed E-state index contributed by atoms with van der Waals surface area (Å²) in [6.45, 7) is 1.16. The van der Waals surface area contributed by atoms with Gasteiger partial charge in [-0.3, -0.25) is 9.69 Å². The van der Waals surface area contributed by atoms with Gasteiger partial charge in [0, 0.05) is 31.5 Å². The lowest BCUT2D eigenvalue weighted by Gasteiger charge is -2.22. The van der Waals surface area contributed by atoms with E-state index in [1.165, 1.54) is 0 Å². The van der Waals surface area contributed by atoms with Gasteiger partial charge in [-0.25, -0.2) is 4.79 Å². The monoisotopic (exact) mass is 339 g/mol. The van der Waals surface area contributed by atoms with Crippen molar-refractivity contribution in [2.45, 2.75) is 0 Å². The minimum Gasteiger partial charge on any atom is -0.497 e. The van der Waals surface area contributed by atoms with Crippen LogP contribution in [0.15, 0.2) is 54.6 Å². The largest absolute Gasteiger partial charge is 0.497 e. The molecular formula is C19H21N3O3. The molecule has 0 radical (unpaired) electrons. The van der Waals surface area contributed by atoms with Crippen LogP contribution in [0.1, 0.15) is 0 Å². The predicted molar refractivity (Wildman–Crippen MR) is 97.2 cm³/mol. The number of urea groups is 1. The second kappa shape index (κ2) is 7.25. The second-order valence-corrected chi connectivity index (χ2v) is 5.84. The number of nitrogens with zero attached hydrogens (tertiary/aromatic N) is 3. The molecule has 0 aliphatic carbocycles. The third kappa shape index (κ3) is 3.57. The van der Waals surface area contributed by atoms with Crippen LogP contribution < -0.4 is 14.5 Å². The van der Waals surface area contributed by atoms with Crippen molar-refractivity contribution < 1.29 is 14.3 Å². The van der Waals surface area contributed by atoms with Crippen LogP contribution in [-0.4, -0.2) is 50.6 Å². The Hall–Kier alpha value is -3.02. The van der Waals surface area contributed by atoms with E-state index in [0.29, 0.717) is 13.1 Å². The molecule has 0 atom stereocenters. The zero-order valence-corrected chi connectivity index (χ0v) is 14.4. The number of likely N-dealkylation sites (N-methyl/N-ethyl adjacent to an activating group) is 1. The van der Waals surface area contributed by atoms with Crippen LogP contribution in [-0.2, 0) is 4.79 Å². The SMILES string of the molecule is COc1ccc(N2CCN(CC(=O)N(C)c3ccccc3)C2=O)cc1. The number of rotatable bonds is 5. The molecule has 1 fully saturated rings. The number of amides is 3. The van der Waals surface area contributed by atoms with Gasteiger partial charge >= 0.3 is 6.03 Å². The van der Waals surface area contributed by atoms with Gasteiger partial charge in [0.25, 0.3) is 0 Å². The molecule has 1 saturated heterocycles. The first-order chi connectivity index (χ1) is 12.1. The van der Waals surface area contributed by atoms with Crippen molar-refractivity contribution >= 4 is 23.3 Å². The number of methoxy groups -OCH3 is 1. The maximum atomic E-state index is 12.6. The van der Waals surface area contributed by atoms with E-state index >= 15 is 0 Å². The predicted octanol–water partition coefficient (Wildman–Crippen LogP) is 2.60. The molecular weight excluding hydrogens is 318 g/mol. The molecule has 1 heterocycles. The van der Waals surface area contributed by atoms with E-state index in [0.717, 1.165) is 17.1 Å². The average molecular weight is 339 g/mol. The first-order valence-electron chi connectivity index (χ1n) is 8.12. The molecule has 0 bridgehead atoms. The Morgan fingerprint density at radius 3 is 2.40 bits per heavy atom. The highest BCUT2D eigenvalue weighted by Gasteiger charge is 2.31. The van der Waals surface area contributed by atoms with Gasteiger partial charge in [0.15, 0.2) is 0 Å². The minimum absolute atomic E-state index is 0.0664. The molecule has 2 aromatic rings. The van der Waals surface area contributed by atoms with Crippen LogP contribution in [0.25, 0.3) is 0 Å². The lowest BCUT2D eigenvalue weighted by Crippen LogP contribution is -2.40. The topological polar surface area (TPSA) is 53.1 Å². The zero-order chi connectivity index (χ0) is 17.8. The standard InChI is InChI=1S/C19H21N3O3/c1-20(15-6-4-3-5-7-15)18(23)14-21-12-13-22(19(21)24)16-8-10-17(25-2)11-9-16/h3-11H,12-14H2,1-2H3. The van der Waals surface area contributed by atoms with E-state index in [4.69, 9.17) is 4.74 Å². The fourth-order valence-electron chi connectivity index (χ4n) is 2.80. The normalized spacial score (nSPS) is 13.9. The summed E-state index contributed by atoms with van der Waals surface area (Å²) >= 11 is 0. The van der Waals surface area contributed by atoms with E-state index in [-0.39, 0.29) is 18.5 Å². The fourth-order valence-corrected chi connectivity index (χ4v) is 2.80. The molecule has 0 unspecified atom stereocenters. The molecule has 0 aromatic heterocycles. The van der Waals surface area contributed by atoms with Crippen LogP contribution in [0.5, 0.6) is 5.75 Å². The van der Waals surface area contributed by atoms with Crippen molar-refractivity contribution in [2.24, 2.45) is 0 Å². The summed E-state index contributed by atoms with van der Waals surface area (Å²) in [5.41, 5.74) is 1.61. The molecule has 1 aliphatic heterocycles. The Kier molecular flexibility index (Phi) is 4.88. The first kappa shape index (κ1) is 16.8. The van der Waals surface area contributed by atoms with Gasteiger partial charge in [-0.05, 0) is 36.4 Å². The van der Waals surface area contributed by atoms with Crippen molar-refractivity contribution in [3.8, 4) is 5.75 Å². The van der Waals surface area contributed by atoms with Gasteiger partial charge in [-0.15, -0.1) is 0 Å². The maximum absolute atomic E-state index is 12.6. The van der Waals surface area contributed by atoms with Gasteiger partial charge in [0.05, 0.1) is 7.11 Å². The number of carbonyl (C=O) groups is 2. The van der Waals surface area contributed by atoms with E-state index in [1.54, 1.807) is 28.9 Å². The summed E-state index contributed by atoms with van der Waals surface area (Å²) < 4.78 is 5.14. The van der Waals surface area contributed by atoms with Crippen LogP contribution >= 0.6 is 0 Å². The molecule has 3 amide bonds. The molecule has 0 spiro atoms. The molecule has 0 saturated carbocycles. The van der Waals surface area contributed by atoms with Crippen LogP contribution in [0, 0.1) is 0 Å². The van der Waals surface area contributed by atoms with Gasteiger partial charge in [-0.1, -0.05) is 18.2 Å². The number of carbonyl (C=O) groups excluding carboxylic acids is 2. The molecule has 2 aromatic carbocycles. The number of para-hydroxylation sites is 1. The second-order valence-electron chi connectivity index (χ2n) is 5.84. The smallest absolute Gasteiger partial charge is 0.325 e. The van der Waals surface area contributed by atoms with Gasteiger partial charge in [0.2, 0.25) is 5.91 Å². The molecule has 6 heteroatoms. The first-order valence-corrected chi connectivity index (χ1v) is 8.12. The highest BCUT2D eigenvalue weighted by molar-refractivity contribution is 6.00. The number of anilines is 2. The highest BCUT2D eigenvalue weighted by atomic mass is 16.5. The van der Waals surface area contributed by atoms with Crippen molar-refractivity contribution in [1.82, 2.24) is 4.90 Å². The number of benzene rings is 2. The van der Waals surface area contributed by atoms with Crippen LogP contribution in [0.4, 0.5) is 16.2 Å². The molecule has 1 aliphatic rings. The van der Waals surface area contributed by atoms with Crippen LogP contribution in [0.3, 0.4) is 0 Å². The summed E-state index contributed by atoms with van der Waals surface area (Å²) in [5.74, 6) is 0.628. The highest BCUT2D eigenvalue weighted by Crippen LogP contribution is 2.23. The maximum Gasteiger partial charge on any atom is 0.325 e. The Morgan fingerprint density at radius 2 is 1.76 bits per heavy atom. The number of hydrogen-bond acceptors (Lipinski definition) is 3. The van der Waals surface area contributed by atoms with E-state index in [2.05, 4.69) is 0 Å². The van der Waals surface area contributed by atoms with Gasteiger partial charge in [0.1, 0.15) is 12.3 Å². The molecule has 0 N–H and O–H groups in total. The summed E-state index contributed by atoms with van der Waals surface area (Å²) in [6, 6.07) is 16.6. The van der Waals surface area contributed by atoms with E-state index in [1.807, 2.05) is 54.6 Å². The Bertz CT molecular complexity index is 746. The van der Waals surface area contributed by atoms with Gasteiger partial charge in [-0.2, -0.15) is 0 Å². The van der Waals surface area contributed by atoms with E-state index < -0.39 is 0 Å². The molecule has 25 heavy (non-hydrogen) atoms. The molecule has 3 rings (SSSR count). The van der Waals surface area contributed by atoms with E-state index in [9.17, 15) is 9.59 Å². The third-order valence-corrected chi connectivity index (χ3v) is 4.32. The van der Waals surface area contributed by atoms with Crippen molar-refractivity contribution in [1.29, 1.82) is 0 Å². The van der Waals surface area contributed by atoms with Crippen molar-refractivity contribution in [3.05, 3.63) is 54.6 Å². The summed E-state index contributed by atoms with van der Waals surface area (Å²) in [5, 5.41) is 0. The van der Waals surface area contributed by atoms with Gasteiger partial charge < -0.3 is 14.5 Å². The Labute approximate surface area is 147 Å². The Balaban J connectivity index is 1.64. The van der Waals surface area contributed by atoms with Crippen molar-refractivity contribution in [3.63, 3.8) is 0 Å². The third-order valence-electron chi connectivity index (χ3n) is 4.32. The fraction of sp³-hybridized carbons (Fsp3) is 0.263. The quantitative estimate of drug-likeness (QED) is 0.841. The average Bonchev–Trinajstić information content (AvgIpc) is 3.02.